The van der Waals surface area contributed by atoms with Crippen molar-refractivity contribution >= 4 is 55.5 Å². The number of allylic oxidation sites excluding steroid dienone is 6. The summed E-state index contributed by atoms with van der Waals surface area (Å²) in [6.07, 6.45) is 3.66. The number of benzene rings is 1. The summed E-state index contributed by atoms with van der Waals surface area (Å²) in [7, 11) is 0. The Balaban J connectivity index is 1.61. The van der Waals surface area contributed by atoms with Crippen molar-refractivity contribution in [2.75, 3.05) is 0 Å². The van der Waals surface area contributed by atoms with Crippen molar-refractivity contribution in [1.29, 1.82) is 0 Å². The van der Waals surface area contributed by atoms with Gasteiger partial charge in [0.15, 0.2) is 0 Å². The Kier molecular flexibility index (Phi) is 7.77. The van der Waals surface area contributed by atoms with E-state index in [-0.39, 0.29) is 0 Å². The fourth-order valence-corrected chi connectivity index (χ4v) is 7.17. The fourth-order valence-electron chi connectivity index (χ4n) is 7.17. The van der Waals surface area contributed by atoms with Gasteiger partial charge in [0, 0.05) is 27.6 Å². The zero-order valence-electron chi connectivity index (χ0n) is 27.7. The van der Waals surface area contributed by atoms with Crippen molar-refractivity contribution in [1.82, 2.24) is 24.9 Å². The summed E-state index contributed by atoms with van der Waals surface area (Å²) in [5.41, 5.74) is 20.1. The second-order valence-electron chi connectivity index (χ2n) is 12.2. The Morgan fingerprint density at radius 3 is 1.30 bits per heavy atom. The second-order valence-corrected chi connectivity index (χ2v) is 12.2. The summed E-state index contributed by atoms with van der Waals surface area (Å²) in [5.74, 6) is 0. The van der Waals surface area contributed by atoms with Crippen molar-refractivity contribution in [2.45, 2.75) is 67.2 Å². The monoisotopic (exact) mass is 603 g/mol. The molecule has 4 aromatic rings. The number of rotatable bonds is 5. The van der Waals surface area contributed by atoms with Gasteiger partial charge in [-0.3, -0.25) is 0 Å². The van der Waals surface area contributed by atoms with E-state index in [9.17, 15) is 0 Å². The summed E-state index contributed by atoms with van der Waals surface area (Å²) in [5, 5.41) is 0. The standard InChI is InChI=1S/C41H41N5/c1-7-29-24(5)35-20-27-16-18-33(42-27)41(26-14-12-11-13-15-26)34-19-17-28(43-34)21-36-25(6)30(8-2)38(45-36)23-40-32(10-4)31(9-3)39(46-40)22-37(29)44-35/h11-23,42-43H,7-10H2,1-6H3. The van der Waals surface area contributed by atoms with Crippen LogP contribution in [0.3, 0.4) is 0 Å². The molecule has 0 saturated heterocycles. The molecule has 0 spiro atoms. The quantitative estimate of drug-likeness (QED) is 0.238. The zero-order chi connectivity index (χ0) is 31.9. The van der Waals surface area contributed by atoms with Crippen LogP contribution in [-0.2, 0) is 0 Å². The summed E-state index contributed by atoms with van der Waals surface area (Å²) >= 11 is 0. The SMILES string of the molecule is CCC1=C(C)c2cc3ccc([nH]3)c(-c3ccccc3)c3ccc(cc4nc(cc5nc(cc1n2)C(CC)=C5CC)C(CC)=C4C)[nH]3. The van der Waals surface area contributed by atoms with Crippen LogP contribution < -0.4 is 0 Å². The molecule has 0 unspecified atom stereocenters. The van der Waals surface area contributed by atoms with Gasteiger partial charge < -0.3 is 9.97 Å². The van der Waals surface area contributed by atoms with E-state index in [1.807, 2.05) is 0 Å². The van der Waals surface area contributed by atoms with E-state index in [0.29, 0.717) is 0 Å². The van der Waals surface area contributed by atoms with Crippen LogP contribution in [0.2, 0.25) is 0 Å². The third-order valence-corrected chi connectivity index (χ3v) is 9.56. The molecule has 6 heterocycles. The Morgan fingerprint density at radius 1 is 0.457 bits per heavy atom. The first kappa shape index (κ1) is 29.7. The number of aromatic amines is 2. The van der Waals surface area contributed by atoms with Crippen LogP contribution in [0.25, 0.3) is 66.6 Å². The molecule has 3 aliphatic rings. The highest BCUT2D eigenvalue weighted by molar-refractivity contribution is 5.98. The van der Waals surface area contributed by atoms with Gasteiger partial charge in [0.1, 0.15) is 0 Å². The van der Waals surface area contributed by atoms with Gasteiger partial charge in [-0.15, -0.1) is 0 Å². The van der Waals surface area contributed by atoms with Crippen molar-refractivity contribution in [2.24, 2.45) is 0 Å². The van der Waals surface area contributed by atoms with Crippen LogP contribution in [0, 0.1) is 0 Å². The normalized spacial score (nSPS) is 14.0. The van der Waals surface area contributed by atoms with Crippen molar-refractivity contribution in [3.63, 3.8) is 0 Å². The number of nitrogens with zero attached hydrogens (tertiary/aromatic N) is 3. The lowest BCUT2D eigenvalue weighted by atomic mass is 9.98. The number of H-pyrrole nitrogens is 2. The summed E-state index contributed by atoms with van der Waals surface area (Å²) in [6, 6.07) is 28.0. The molecule has 3 aliphatic heterocycles. The predicted molar refractivity (Wildman–Crippen MR) is 195 cm³/mol. The van der Waals surface area contributed by atoms with E-state index >= 15 is 0 Å². The highest BCUT2D eigenvalue weighted by Crippen LogP contribution is 2.39. The van der Waals surface area contributed by atoms with Crippen LogP contribution in [-0.4, -0.2) is 24.9 Å². The smallest absolute Gasteiger partial charge is 0.0694 e. The molecule has 0 amide bonds. The van der Waals surface area contributed by atoms with Gasteiger partial charge in [-0.1, -0.05) is 58.0 Å². The van der Waals surface area contributed by atoms with E-state index < -0.39 is 0 Å². The minimum absolute atomic E-state index is 0.910. The van der Waals surface area contributed by atoms with Crippen molar-refractivity contribution < 1.29 is 0 Å². The second kappa shape index (κ2) is 12.1. The molecule has 46 heavy (non-hydrogen) atoms. The number of hydrogen-bond acceptors (Lipinski definition) is 3. The highest BCUT2D eigenvalue weighted by Gasteiger charge is 2.22. The molecule has 230 valence electrons. The molecule has 5 nitrogen and oxygen atoms in total. The van der Waals surface area contributed by atoms with Gasteiger partial charge in [-0.2, -0.15) is 0 Å². The molecular weight excluding hydrogens is 562 g/mol. The lowest BCUT2D eigenvalue weighted by molar-refractivity contribution is 1.17. The van der Waals surface area contributed by atoms with Gasteiger partial charge in [-0.25, -0.2) is 15.0 Å². The van der Waals surface area contributed by atoms with Crippen LogP contribution in [0.4, 0.5) is 0 Å². The molecular formula is C41H41N5. The van der Waals surface area contributed by atoms with Gasteiger partial charge in [0.2, 0.25) is 0 Å². The molecule has 7 rings (SSSR count). The Labute approximate surface area is 271 Å². The van der Waals surface area contributed by atoms with Crippen LogP contribution in [0.1, 0.15) is 101 Å². The van der Waals surface area contributed by atoms with Crippen molar-refractivity contribution in [3.05, 3.63) is 113 Å². The first-order chi connectivity index (χ1) is 22.4. The molecule has 0 fully saturated rings. The molecule has 0 saturated carbocycles. The van der Waals surface area contributed by atoms with Gasteiger partial charge in [0.25, 0.3) is 0 Å². The minimum atomic E-state index is 0.910. The Bertz CT molecular complexity index is 2070. The molecule has 5 heteroatoms. The van der Waals surface area contributed by atoms with E-state index in [0.717, 1.165) is 93.0 Å². The maximum Gasteiger partial charge on any atom is 0.0694 e. The van der Waals surface area contributed by atoms with Crippen LogP contribution in [0.5, 0.6) is 0 Å². The van der Waals surface area contributed by atoms with Crippen molar-refractivity contribution in [3.8, 4) is 11.1 Å². The maximum absolute atomic E-state index is 5.25. The van der Waals surface area contributed by atoms with Crippen LogP contribution >= 0.6 is 0 Å². The lowest BCUT2D eigenvalue weighted by Crippen LogP contribution is -1.85. The summed E-state index contributed by atoms with van der Waals surface area (Å²) in [6.45, 7) is 13.3. The topological polar surface area (TPSA) is 70.2 Å². The number of nitrogens with one attached hydrogen (secondary N) is 2. The van der Waals surface area contributed by atoms with Crippen LogP contribution in [0.15, 0.2) is 78.9 Å². The first-order valence-electron chi connectivity index (χ1n) is 16.6. The molecule has 0 atom stereocenters. The van der Waals surface area contributed by atoms with E-state index in [4.69, 9.17) is 15.0 Å². The van der Waals surface area contributed by atoms with Gasteiger partial charge in [-0.05, 0) is 127 Å². The third-order valence-electron chi connectivity index (χ3n) is 9.56. The third kappa shape index (κ3) is 5.10. The van der Waals surface area contributed by atoms with E-state index in [1.165, 1.54) is 33.4 Å². The van der Waals surface area contributed by atoms with Gasteiger partial charge >= 0.3 is 0 Å². The molecule has 0 aliphatic carbocycles. The molecule has 2 N–H and O–H groups in total. The van der Waals surface area contributed by atoms with Gasteiger partial charge in [0.05, 0.1) is 34.2 Å². The largest absolute Gasteiger partial charge is 0.355 e. The van der Waals surface area contributed by atoms with E-state index in [2.05, 4.69) is 130 Å². The molecule has 1 aromatic carbocycles. The summed E-state index contributed by atoms with van der Waals surface area (Å²) < 4.78 is 0. The van der Waals surface area contributed by atoms with E-state index in [1.54, 1.807) is 0 Å². The minimum Gasteiger partial charge on any atom is -0.355 e. The number of aromatic nitrogens is 5. The molecule has 3 aromatic heterocycles. The summed E-state index contributed by atoms with van der Waals surface area (Å²) in [4.78, 5) is 23.1. The Hall–Kier alpha value is -5.03. The lowest BCUT2D eigenvalue weighted by Gasteiger charge is -2.04. The number of fused-ring (bicyclic) bond motifs is 10. The Morgan fingerprint density at radius 2 is 0.870 bits per heavy atom. The molecule has 10 bridgehead atoms. The predicted octanol–water partition coefficient (Wildman–Crippen LogP) is 11.2. The highest BCUT2D eigenvalue weighted by atomic mass is 14.8. The zero-order valence-corrected chi connectivity index (χ0v) is 27.7. The average Bonchev–Trinajstić information content (AvgIpc) is 3.88. The fraction of sp³-hybridized carbons (Fsp3) is 0.244. The maximum atomic E-state index is 5.25. The molecule has 0 radical (unpaired) electrons. The number of hydrogen-bond donors (Lipinski definition) is 2. The first-order valence-corrected chi connectivity index (χ1v) is 16.6. The average molecular weight is 604 g/mol.